The summed E-state index contributed by atoms with van der Waals surface area (Å²) in [7, 11) is -4.54. The van der Waals surface area contributed by atoms with Gasteiger partial charge in [-0.15, -0.1) is 0 Å². The second kappa shape index (κ2) is 7.98. The average Bonchev–Trinajstić information content (AvgIpc) is 2.58. The van der Waals surface area contributed by atoms with Crippen molar-refractivity contribution < 1.29 is 27.6 Å². The van der Waals surface area contributed by atoms with Crippen molar-refractivity contribution in [2.24, 2.45) is 0 Å². The first-order chi connectivity index (χ1) is 12.5. The summed E-state index contributed by atoms with van der Waals surface area (Å²) in [6, 6.07) is 12.7. The highest BCUT2D eigenvalue weighted by atomic mass is 35.5. The maximum absolute atomic E-state index is 12.8. The van der Waals surface area contributed by atoms with Crippen LogP contribution >= 0.6 is 11.6 Å². The summed E-state index contributed by atoms with van der Waals surface area (Å²) in [6.45, 7) is 4.66. The molecule has 0 aromatic heterocycles. The van der Waals surface area contributed by atoms with Gasteiger partial charge in [0.1, 0.15) is 5.60 Å². The van der Waals surface area contributed by atoms with Crippen molar-refractivity contribution in [3.63, 3.8) is 0 Å². The topological polar surface area (TPSA) is 90.0 Å². The lowest BCUT2D eigenvalue weighted by Crippen LogP contribution is -2.42. The van der Waals surface area contributed by atoms with Gasteiger partial charge in [0.15, 0.2) is 0 Å². The van der Waals surface area contributed by atoms with Gasteiger partial charge in [0.2, 0.25) is 0 Å². The molecule has 27 heavy (non-hydrogen) atoms. The molecule has 0 fully saturated rings. The van der Waals surface area contributed by atoms with E-state index < -0.39 is 27.7 Å². The number of hydrogen-bond acceptors (Lipinski definition) is 6. The molecule has 7 nitrogen and oxygen atoms in total. The van der Waals surface area contributed by atoms with Gasteiger partial charge in [-0.25, -0.2) is 9.59 Å². The maximum atomic E-state index is 12.8. The highest BCUT2D eigenvalue weighted by Crippen LogP contribution is 2.22. The predicted molar refractivity (Wildman–Crippen MR) is 98.6 cm³/mol. The largest absolute Gasteiger partial charge is 0.459 e. The van der Waals surface area contributed by atoms with Crippen molar-refractivity contribution in [2.45, 2.75) is 31.3 Å². The number of hydroxylamine groups is 1. The molecule has 0 atom stereocenters. The van der Waals surface area contributed by atoms with Gasteiger partial charge in [-0.3, -0.25) is 0 Å². The van der Waals surface area contributed by atoms with Gasteiger partial charge < -0.3 is 9.57 Å². The smallest absolute Gasteiger partial charge is 0.441 e. The molecule has 0 spiro atoms. The Morgan fingerprint density at radius 1 is 0.963 bits per heavy atom. The zero-order valence-electron chi connectivity index (χ0n) is 14.9. The second-order valence-electron chi connectivity index (χ2n) is 6.41. The molecule has 0 radical (unpaired) electrons. The lowest BCUT2D eigenvalue weighted by Gasteiger charge is -2.25. The van der Waals surface area contributed by atoms with Crippen LogP contribution in [-0.4, -0.2) is 30.5 Å². The number of nitrogens with zero attached hydrogens (tertiary/aromatic N) is 1. The van der Waals surface area contributed by atoms with Crippen LogP contribution in [0.5, 0.6) is 0 Å². The summed E-state index contributed by atoms with van der Waals surface area (Å²) in [5.41, 5.74) is -0.943. The van der Waals surface area contributed by atoms with Gasteiger partial charge in [0, 0.05) is 5.02 Å². The van der Waals surface area contributed by atoms with Crippen molar-refractivity contribution in [1.29, 1.82) is 0 Å². The van der Waals surface area contributed by atoms with Crippen molar-refractivity contribution >= 4 is 33.7 Å². The first-order valence-corrected chi connectivity index (χ1v) is 9.64. The zero-order chi connectivity index (χ0) is 20.2. The monoisotopic (exact) mass is 411 g/mol. The number of carbonyl (C=O) groups is 2. The number of benzene rings is 2. The van der Waals surface area contributed by atoms with Gasteiger partial charge in [-0.1, -0.05) is 29.8 Å². The molecular formula is C18H18ClNO6S. The van der Waals surface area contributed by atoms with Crippen LogP contribution in [0.1, 0.15) is 31.1 Å². The summed E-state index contributed by atoms with van der Waals surface area (Å²) in [4.78, 5) is 29.3. The number of carbonyl (C=O) groups excluding carboxylic acids is 2. The number of ether oxygens (including phenoxy) is 1. The number of hydrogen-bond donors (Lipinski definition) is 0. The van der Waals surface area contributed by atoms with Crippen LogP contribution in [0, 0.1) is 0 Å². The van der Waals surface area contributed by atoms with Gasteiger partial charge in [0.25, 0.3) is 0 Å². The van der Waals surface area contributed by atoms with E-state index in [0.29, 0.717) is 5.02 Å². The van der Waals surface area contributed by atoms with Gasteiger partial charge in [-0.05, 0) is 61.6 Å². The SMILES string of the molecule is CC(C)(C)OC(=O)N(OC(=O)c1ccccc1)S(=O)(=O)c1ccc(Cl)cc1. The number of amides is 1. The van der Waals surface area contributed by atoms with Crippen LogP contribution in [0.25, 0.3) is 0 Å². The molecule has 0 N–H and O–H groups in total. The Balaban J connectivity index is 2.41. The third-order valence-corrected chi connectivity index (χ3v) is 4.83. The first-order valence-electron chi connectivity index (χ1n) is 7.82. The lowest BCUT2D eigenvalue weighted by atomic mass is 10.2. The normalized spacial score (nSPS) is 11.6. The molecule has 2 aromatic carbocycles. The number of sulfonamides is 1. The van der Waals surface area contributed by atoms with Crippen LogP contribution in [0.15, 0.2) is 59.5 Å². The van der Waals surface area contributed by atoms with Crippen LogP contribution in [0.2, 0.25) is 5.02 Å². The van der Waals surface area contributed by atoms with Gasteiger partial charge in [-0.2, -0.15) is 8.42 Å². The molecule has 0 aliphatic heterocycles. The van der Waals surface area contributed by atoms with Crippen molar-refractivity contribution in [2.75, 3.05) is 0 Å². The highest BCUT2D eigenvalue weighted by Gasteiger charge is 2.37. The third-order valence-electron chi connectivity index (χ3n) is 3.05. The molecule has 2 rings (SSSR count). The average molecular weight is 412 g/mol. The lowest BCUT2D eigenvalue weighted by molar-refractivity contribution is -0.0587. The van der Waals surface area contributed by atoms with Crippen LogP contribution < -0.4 is 0 Å². The molecule has 2 aromatic rings. The second-order valence-corrected chi connectivity index (χ2v) is 8.60. The molecule has 0 unspecified atom stereocenters. The van der Waals surface area contributed by atoms with Crippen LogP contribution in [-0.2, 0) is 19.6 Å². The van der Waals surface area contributed by atoms with E-state index >= 15 is 0 Å². The Bertz CT molecular complexity index is 921. The van der Waals surface area contributed by atoms with E-state index in [4.69, 9.17) is 21.2 Å². The Hall–Kier alpha value is -2.58. The molecule has 144 valence electrons. The van der Waals surface area contributed by atoms with Crippen LogP contribution in [0.4, 0.5) is 4.79 Å². The molecule has 0 saturated carbocycles. The minimum atomic E-state index is -4.54. The Labute approximate surface area is 162 Å². The predicted octanol–water partition coefficient (Wildman–Crippen LogP) is 4.04. The fraction of sp³-hybridized carbons (Fsp3) is 0.222. The summed E-state index contributed by atoms with van der Waals surface area (Å²) < 4.78 is 30.7. The number of rotatable bonds is 3. The Morgan fingerprint density at radius 3 is 2.04 bits per heavy atom. The fourth-order valence-corrected chi connectivity index (χ4v) is 3.09. The maximum Gasteiger partial charge on any atom is 0.459 e. The van der Waals surface area contributed by atoms with E-state index in [2.05, 4.69) is 0 Å². The van der Waals surface area contributed by atoms with E-state index in [1.807, 2.05) is 0 Å². The van der Waals surface area contributed by atoms with E-state index in [0.717, 1.165) is 0 Å². The summed E-state index contributed by atoms with van der Waals surface area (Å²) in [5.74, 6) is -1.03. The highest BCUT2D eigenvalue weighted by molar-refractivity contribution is 7.89. The molecule has 0 bridgehead atoms. The molecule has 1 amide bonds. The molecular weight excluding hydrogens is 394 g/mol. The van der Waals surface area contributed by atoms with Crippen molar-refractivity contribution in [1.82, 2.24) is 4.47 Å². The van der Waals surface area contributed by atoms with Gasteiger partial charge >= 0.3 is 22.1 Å². The number of halogens is 1. The first kappa shape index (κ1) is 20.7. The standard InChI is InChI=1S/C18H18ClNO6S/c1-18(2,3)25-17(22)20(26-16(21)13-7-5-4-6-8-13)27(23,24)15-11-9-14(19)10-12-15/h4-12H,1-3H3. The molecule has 0 aliphatic rings. The van der Waals surface area contributed by atoms with Gasteiger partial charge in [0.05, 0.1) is 10.5 Å². The quantitative estimate of drug-likeness (QED) is 0.708. The van der Waals surface area contributed by atoms with Crippen LogP contribution in [0.3, 0.4) is 0 Å². The summed E-state index contributed by atoms with van der Waals surface area (Å²) >= 11 is 5.77. The molecule has 0 aliphatic carbocycles. The third kappa shape index (κ3) is 5.45. The van der Waals surface area contributed by atoms with E-state index in [1.165, 1.54) is 36.4 Å². The van der Waals surface area contributed by atoms with Crippen molar-refractivity contribution in [3.8, 4) is 0 Å². The molecule has 0 saturated heterocycles. The van der Waals surface area contributed by atoms with E-state index in [1.54, 1.807) is 39.0 Å². The minimum Gasteiger partial charge on any atom is -0.441 e. The Morgan fingerprint density at radius 2 is 1.52 bits per heavy atom. The Kier molecular flexibility index (Phi) is 6.12. The molecule has 0 heterocycles. The fourth-order valence-electron chi connectivity index (χ4n) is 1.89. The summed E-state index contributed by atoms with van der Waals surface area (Å²) in [6.07, 6.45) is -1.35. The zero-order valence-corrected chi connectivity index (χ0v) is 16.5. The van der Waals surface area contributed by atoms with Crippen molar-refractivity contribution in [3.05, 3.63) is 65.2 Å². The van der Waals surface area contributed by atoms with E-state index in [-0.39, 0.29) is 14.9 Å². The minimum absolute atomic E-state index is 0.0587. The molecule has 9 heteroatoms. The van der Waals surface area contributed by atoms with E-state index in [9.17, 15) is 18.0 Å². The summed E-state index contributed by atoms with van der Waals surface area (Å²) in [5, 5.41) is 0.305.